The van der Waals surface area contributed by atoms with Gasteiger partial charge in [-0.15, -0.1) is 0 Å². The highest BCUT2D eigenvalue weighted by Gasteiger charge is 2.14. The molecule has 4 nitrogen and oxygen atoms in total. The summed E-state index contributed by atoms with van der Waals surface area (Å²) < 4.78 is 6.13. The van der Waals surface area contributed by atoms with Crippen LogP contribution in [0.4, 0.5) is 0 Å². The van der Waals surface area contributed by atoms with Crippen molar-refractivity contribution < 1.29 is 4.42 Å². The molecule has 0 saturated carbocycles. The van der Waals surface area contributed by atoms with Crippen molar-refractivity contribution >= 4 is 33.5 Å². The summed E-state index contributed by atoms with van der Waals surface area (Å²) >= 11 is 6.20. The van der Waals surface area contributed by atoms with Gasteiger partial charge in [0.25, 0.3) is 0 Å². The van der Waals surface area contributed by atoms with Gasteiger partial charge in [-0.1, -0.05) is 103 Å². The predicted octanol–water partition coefficient (Wildman–Crippen LogP) is 9.09. The van der Waals surface area contributed by atoms with Gasteiger partial charge in [-0.25, -0.2) is 15.0 Å². The quantitative estimate of drug-likeness (QED) is 0.237. The van der Waals surface area contributed by atoms with Crippen molar-refractivity contribution in [1.82, 2.24) is 15.0 Å². The van der Waals surface area contributed by atoms with Crippen LogP contribution in [0.1, 0.15) is 0 Å². The van der Waals surface area contributed by atoms with E-state index in [1.165, 1.54) is 0 Å². The van der Waals surface area contributed by atoms with Crippen LogP contribution >= 0.6 is 11.6 Å². The first-order valence-corrected chi connectivity index (χ1v) is 12.7. The molecule has 0 spiro atoms. The SMILES string of the molecule is Clc1cccc(-c2ccc(-c3nc(-c4ccccc4)nc(-c4ccc5c(c4)oc4ccccc45)n3)cc2)c1. The Balaban J connectivity index is 1.35. The maximum Gasteiger partial charge on any atom is 0.164 e. The lowest BCUT2D eigenvalue weighted by Gasteiger charge is -2.09. The third-order valence-electron chi connectivity index (χ3n) is 6.61. The second kappa shape index (κ2) is 9.25. The van der Waals surface area contributed by atoms with Crippen LogP contribution < -0.4 is 0 Å². The Morgan fingerprint density at radius 3 is 1.76 bits per heavy atom. The van der Waals surface area contributed by atoms with Crippen molar-refractivity contribution in [3.05, 3.63) is 126 Å². The third kappa shape index (κ3) is 4.11. The van der Waals surface area contributed by atoms with Crippen molar-refractivity contribution in [2.45, 2.75) is 0 Å². The minimum absolute atomic E-state index is 0.593. The first-order chi connectivity index (χ1) is 18.7. The van der Waals surface area contributed by atoms with Crippen molar-refractivity contribution in [2.24, 2.45) is 0 Å². The van der Waals surface area contributed by atoms with Crippen LogP contribution in [0.5, 0.6) is 0 Å². The van der Waals surface area contributed by atoms with E-state index < -0.39 is 0 Å². The Bertz CT molecular complexity index is 1930. The highest BCUT2D eigenvalue weighted by atomic mass is 35.5. The van der Waals surface area contributed by atoms with Gasteiger partial charge in [0, 0.05) is 32.5 Å². The highest BCUT2D eigenvalue weighted by Crippen LogP contribution is 2.33. The van der Waals surface area contributed by atoms with Crippen LogP contribution in [0.2, 0.25) is 5.02 Å². The molecule has 0 N–H and O–H groups in total. The molecule has 0 amide bonds. The predicted molar refractivity (Wildman–Crippen MR) is 154 cm³/mol. The standard InChI is InChI=1S/C33H20ClN3O/c34-26-10-6-9-24(19-26)21-13-15-23(16-14-21)32-35-31(22-7-2-1-3-8-22)36-33(37-32)25-17-18-28-27-11-4-5-12-29(27)38-30(28)20-25/h1-20H. The summed E-state index contributed by atoms with van der Waals surface area (Å²) in [4.78, 5) is 14.6. The third-order valence-corrected chi connectivity index (χ3v) is 6.84. The molecule has 0 saturated heterocycles. The van der Waals surface area contributed by atoms with Crippen LogP contribution in [-0.2, 0) is 0 Å². The molecule has 2 aromatic heterocycles. The Morgan fingerprint density at radius 1 is 0.421 bits per heavy atom. The topological polar surface area (TPSA) is 51.8 Å². The summed E-state index contributed by atoms with van der Waals surface area (Å²) in [5, 5.41) is 2.87. The van der Waals surface area contributed by atoms with Crippen molar-refractivity contribution in [3.8, 4) is 45.3 Å². The molecule has 2 heterocycles. The van der Waals surface area contributed by atoms with Gasteiger partial charge in [0.2, 0.25) is 0 Å². The second-order valence-electron chi connectivity index (χ2n) is 9.07. The van der Waals surface area contributed by atoms with Gasteiger partial charge in [0.05, 0.1) is 0 Å². The summed E-state index contributed by atoms with van der Waals surface area (Å²) in [5.74, 6) is 1.82. The Kier molecular flexibility index (Phi) is 5.46. The van der Waals surface area contributed by atoms with E-state index in [2.05, 4.69) is 24.3 Å². The normalized spacial score (nSPS) is 11.3. The van der Waals surface area contributed by atoms with Gasteiger partial charge in [-0.05, 0) is 41.5 Å². The first kappa shape index (κ1) is 22.4. The average Bonchev–Trinajstić information content (AvgIpc) is 3.35. The number of para-hydroxylation sites is 1. The number of rotatable bonds is 4. The number of hydrogen-bond donors (Lipinski definition) is 0. The van der Waals surface area contributed by atoms with Crippen LogP contribution in [0.3, 0.4) is 0 Å². The Hall–Kier alpha value is -4.80. The van der Waals surface area contributed by atoms with Crippen LogP contribution in [0.15, 0.2) is 126 Å². The highest BCUT2D eigenvalue weighted by molar-refractivity contribution is 6.30. The molecule has 7 aromatic rings. The molecule has 0 aliphatic heterocycles. The monoisotopic (exact) mass is 509 g/mol. The summed E-state index contributed by atoms with van der Waals surface area (Å²) in [6.45, 7) is 0. The number of furan rings is 1. The molecule has 0 bridgehead atoms. The van der Waals surface area contributed by atoms with E-state index in [1.807, 2.05) is 97.1 Å². The fourth-order valence-corrected chi connectivity index (χ4v) is 4.89. The molecule has 7 rings (SSSR count). The summed E-state index contributed by atoms with van der Waals surface area (Å²) in [5.41, 5.74) is 6.50. The second-order valence-corrected chi connectivity index (χ2v) is 9.51. The number of halogens is 1. The molecule has 0 aliphatic carbocycles. The molecule has 0 radical (unpaired) electrons. The van der Waals surface area contributed by atoms with E-state index in [9.17, 15) is 0 Å². The smallest absolute Gasteiger partial charge is 0.164 e. The maximum absolute atomic E-state index is 6.20. The molecule has 0 unspecified atom stereocenters. The lowest BCUT2D eigenvalue weighted by Crippen LogP contribution is -2.00. The summed E-state index contributed by atoms with van der Waals surface area (Å²) in [6.07, 6.45) is 0. The van der Waals surface area contributed by atoms with Crippen molar-refractivity contribution in [3.63, 3.8) is 0 Å². The molecular weight excluding hydrogens is 490 g/mol. The van der Waals surface area contributed by atoms with Crippen LogP contribution in [0, 0.1) is 0 Å². The Morgan fingerprint density at radius 2 is 1.00 bits per heavy atom. The zero-order valence-electron chi connectivity index (χ0n) is 20.2. The van der Waals surface area contributed by atoms with Crippen LogP contribution in [0.25, 0.3) is 67.2 Å². The molecule has 0 fully saturated rings. The zero-order valence-corrected chi connectivity index (χ0v) is 20.9. The molecule has 5 heteroatoms. The van der Waals surface area contributed by atoms with Gasteiger partial charge in [-0.2, -0.15) is 0 Å². The summed E-state index contributed by atoms with van der Waals surface area (Å²) in [7, 11) is 0. The van der Waals surface area contributed by atoms with Gasteiger partial charge < -0.3 is 4.42 Å². The lowest BCUT2D eigenvalue weighted by atomic mass is 10.0. The number of aromatic nitrogens is 3. The number of fused-ring (bicyclic) bond motifs is 3. The zero-order chi connectivity index (χ0) is 25.5. The van der Waals surface area contributed by atoms with E-state index >= 15 is 0 Å². The minimum atomic E-state index is 0.593. The number of hydrogen-bond acceptors (Lipinski definition) is 4. The fourth-order valence-electron chi connectivity index (χ4n) is 4.70. The van der Waals surface area contributed by atoms with Gasteiger partial charge >= 0.3 is 0 Å². The van der Waals surface area contributed by atoms with Crippen molar-refractivity contribution in [2.75, 3.05) is 0 Å². The fraction of sp³-hybridized carbons (Fsp3) is 0. The van der Waals surface area contributed by atoms with E-state index in [0.29, 0.717) is 22.5 Å². The number of nitrogens with zero attached hydrogens (tertiary/aromatic N) is 3. The van der Waals surface area contributed by atoms with E-state index in [4.69, 9.17) is 31.0 Å². The van der Waals surface area contributed by atoms with Gasteiger partial charge in [-0.3, -0.25) is 0 Å². The maximum atomic E-state index is 6.20. The lowest BCUT2D eigenvalue weighted by molar-refractivity contribution is 0.669. The van der Waals surface area contributed by atoms with Crippen molar-refractivity contribution in [1.29, 1.82) is 0 Å². The molecule has 38 heavy (non-hydrogen) atoms. The average molecular weight is 510 g/mol. The minimum Gasteiger partial charge on any atom is -0.456 e. The van der Waals surface area contributed by atoms with E-state index in [1.54, 1.807) is 0 Å². The summed E-state index contributed by atoms with van der Waals surface area (Å²) in [6, 6.07) is 40.2. The van der Waals surface area contributed by atoms with E-state index in [-0.39, 0.29) is 0 Å². The molecule has 5 aromatic carbocycles. The molecular formula is C33H20ClN3O. The Labute approximate surface area is 224 Å². The van der Waals surface area contributed by atoms with Crippen LogP contribution in [-0.4, -0.2) is 15.0 Å². The molecule has 0 atom stereocenters. The van der Waals surface area contributed by atoms with Gasteiger partial charge in [0.15, 0.2) is 17.5 Å². The molecule has 0 aliphatic rings. The largest absolute Gasteiger partial charge is 0.456 e. The van der Waals surface area contributed by atoms with E-state index in [0.717, 1.165) is 49.8 Å². The number of benzene rings is 5. The van der Waals surface area contributed by atoms with Gasteiger partial charge in [0.1, 0.15) is 11.2 Å². The first-order valence-electron chi connectivity index (χ1n) is 12.3. The molecule has 180 valence electrons.